The maximum atomic E-state index is 13.1. The number of carbonyl (C=O) groups is 2. The molecular formula is C27H39Cl2N3O4. The fourth-order valence-corrected chi connectivity index (χ4v) is 4.08. The number of halogens is 2. The van der Waals surface area contributed by atoms with Crippen LogP contribution in [-0.2, 0) is 4.79 Å². The molecular weight excluding hydrogens is 501 g/mol. The minimum Gasteiger partial charge on any atom is -0.496 e. The summed E-state index contributed by atoms with van der Waals surface area (Å²) in [7, 11) is 5.40. The maximum absolute atomic E-state index is 13.1. The predicted molar refractivity (Wildman–Crippen MR) is 149 cm³/mol. The largest absolute Gasteiger partial charge is 0.496 e. The van der Waals surface area contributed by atoms with E-state index in [9.17, 15) is 9.59 Å². The molecule has 0 spiro atoms. The number of methoxy groups -OCH3 is 1. The molecule has 1 heterocycles. The van der Waals surface area contributed by atoms with Gasteiger partial charge in [-0.3, -0.25) is 9.59 Å². The van der Waals surface area contributed by atoms with Crippen LogP contribution in [0.2, 0.25) is 0 Å². The molecule has 2 aromatic carbocycles. The maximum Gasteiger partial charge on any atom is 0.261 e. The summed E-state index contributed by atoms with van der Waals surface area (Å²) in [5.41, 5.74) is 2.28. The van der Waals surface area contributed by atoms with Crippen molar-refractivity contribution in [1.29, 1.82) is 0 Å². The van der Waals surface area contributed by atoms with Gasteiger partial charge in [0.05, 0.1) is 25.0 Å². The molecule has 36 heavy (non-hydrogen) atoms. The Bertz CT molecular complexity index is 981. The Morgan fingerprint density at radius 3 is 2.33 bits per heavy atom. The fraction of sp³-hybridized carbons (Fsp3) is 0.481. The number of anilines is 1. The number of rotatable bonds is 10. The highest BCUT2D eigenvalue weighted by atomic mass is 35.5. The average molecular weight is 541 g/mol. The summed E-state index contributed by atoms with van der Waals surface area (Å²) < 4.78 is 11.4. The van der Waals surface area contributed by atoms with E-state index in [1.165, 1.54) is 0 Å². The van der Waals surface area contributed by atoms with Crippen LogP contribution in [0.15, 0.2) is 42.5 Å². The lowest BCUT2D eigenvalue weighted by atomic mass is 10.1. The molecule has 9 heteroatoms. The molecule has 1 fully saturated rings. The van der Waals surface area contributed by atoms with Crippen molar-refractivity contribution >= 4 is 42.3 Å². The second-order valence-corrected chi connectivity index (χ2v) is 8.88. The van der Waals surface area contributed by atoms with Gasteiger partial charge >= 0.3 is 0 Å². The van der Waals surface area contributed by atoms with Crippen LogP contribution >= 0.6 is 24.8 Å². The molecule has 0 unspecified atom stereocenters. The first-order valence-corrected chi connectivity index (χ1v) is 12.0. The Balaban J connectivity index is 0.00000324. The number of ether oxygens (including phenoxy) is 2. The number of hydrogen-bond donors (Lipinski definition) is 0. The van der Waals surface area contributed by atoms with Gasteiger partial charge in [0.2, 0.25) is 5.91 Å². The molecule has 0 radical (unpaired) electrons. The minimum absolute atomic E-state index is 0. The fourth-order valence-electron chi connectivity index (χ4n) is 4.08. The van der Waals surface area contributed by atoms with E-state index in [0.717, 1.165) is 51.0 Å². The number of piperazine rings is 1. The van der Waals surface area contributed by atoms with E-state index in [1.807, 2.05) is 42.2 Å². The Labute approximate surface area is 227 Å². The molecule has 2 amide bonds. The summed E-state index contributed by atoms with van der Waals surface area (Å²) in [4.78, 5) is 31.3. The number of amides is 2. The summed E-state index contributed by atoms with van der Waals surface area (Å²) in [6.45, 7) is 6.10. The molecule has 0 bridgehead atoms. The van der Waals surface area contributed by atoms with Crippen molar-refractivity contribution in [3.63, 3.8) is 0 Å². The quantitative estimate of drug-likeness (QED) is 0.404. The summed E-state index contributed by atoms with van der Waals surface area (Å²) in [6.07, 6.45) is 3.24. The lowest BCUT2D eigenvalue weighted by Gasteiger charge is -2.32. The van der Waals surface area contributed by atoms with E-state index < -0.39 is 0 Å². The van der Waals surface area contributed by atoms with Gasteiger partial charge in [-0.15, -0.1) is 24.8 Å². The van der Waals surface area contributed by atoms with Crippen molar-refractivity contribution < 1.29 is 19.1 Å². The van der Waals surface area contributed by atoms with Crippen LogP contribution in [0.3, 0.4) is 0 Å². The molecule has 0 aromatic heterocycles. The highest BCUT2D eigenvalue weighted by molar-refractivity contribution is 6.08. The van der Waals surface area contributed by atoms with Gasteiger partial charge in [-0.05, 0) is 63.1 Å². The third-order valence-corrected chi connectivity index (χ3v) is 6.27. The van der Waals surface area contributed by atoms with Crippen LogP contribution in [0.25, 0.3) is 0 Å². The molecule has 0 saturated carbocycles. The summed E-state index contributed by atoms with van der Waals surface area (Å²) in [5.74, 6) is 1.32. The van der Waals surface area contributed by atoms with Crippen molar-refractivity contribution in [2.24, 2.45) is 0 Å². The predicted octanol–water partition coefficient (Wildman–Crippen LogP) is 4.84. The van der Waals surface area contributed by atoms with Crippen LogP contribution in [-0.4, -0.2) is 75.6 Å². The lowest BCUT2D eigenvalue weighted by molar-refractivity contribution is -0.132. The van der Waals surface area contributed by atoms with Crippen LogP contribution in [0.4, 0.5) is 5.69 Å². The third-order valence-electron chi connectivity index (χ3n) is 6.27. The van der Waals surface area contributed by atoms with Gasteiger partial charge in [0.15, 0.2) is 0 Å². The minimum atomic E-state index is -0.159. The third kappa shape index (κ3) is 8.57. The lowest BCUT2D eigenvalue weighted by Crippen LogP contribution is -2.47. The average Bonchev–Trinajstić information content (AvgIpc) is 2.85. The number of aryl methyl sites for hydroxylation is 1. The first-order chi connectivity index (χ1) is 16.4. The standard InChI is InChI=1S/C27H37N3O4.2ClH/c1-21-13-14-23(29(3)27(32)22-10-7-8-11-24(22)33-4)25(20-21)34-19-9-5-6-12-26(31)30-17-15-28(2)16-18-30;;/h7-8,10-11,13-14,20H,5-6,9,12,15-19H2,1-4H3;2*1H. The molecule has 1 aliphatic rings. The van der Waals surface area contributed by atoms with Gasteiger partial charge in [-0.1, -0.05) is 18.2 Å². The molecule has 0 atom stereocenters. The number of para-hydroxylation sites is 1. The highest BCUT2D eigenvalue weighted by Crippen LogP contribution is 2.31. The van der Waals surface area contributed by atoms with Crippen LogP contribution in [0.5, 0.6) is 11.5 Å². The smallest absolute Gasteiger partial charge is 0.261 e. The van der Waals surface area contributed by atoms with Crippen molar-refractivity contribution in [1.82, 2.24) is 9.80 Å². The Morgan fingerprint density at radius 1 is 0.944 bits per heavy atom. The number of nitrogens with zero attached hydrogens (tertiary/aromatic N) is 3. The van der Waals surface area contributed by atoms with Crippen molar-refractivity contribution in [3.8, 4) is 11.5 Å². The van der Waals surface area contributed by atoms with E-state index in [0.29, 0.717) is 35.8 Å². The molecule has 0 aliphatic carbocycles. The van der Waals surface area contributed by atoms with Crippen molar-refractivity contribution in [3.05, 3.63) is 53.6 Å². The molecule has 2 aromatic rings. The monoisotopic (exact) mass is 539 g/mol. The van der Waals surface area contributed by atoms with Crippen LogP contribution < -0.4 is 14.4 Å². The van der Waals surface area contributed by atoms with Crippen molar-refractivity contribution in [2.45, 2.75) is 32.6 Å². The Kier molecular flexibility index (Phi) is 13.7. The first-order valence-electron chi connectivity index (χ1n) is 12.0. The van der Waals surface area contributed by atoms with Gasteiger partial charge in [0, 0.05) is 39.6 Å². The number of unbranched alkanes of at least 4 members (excludes halogenated alkanes) is 2. The number of likely N-dealkylation sites (N-methyl/N-ethyl adjacent to an activating group) is 1. The van der Waals surface area contributed by atoms with E-state index in [1.54, 1.807) is 31.2 Å². The summed E-state index contributed by atoms with van der Waals surface area (Å²) >= 11 is 0. The van der Waals surface area contributed by atoms with Gasteiger partial charge in [-0.25, -0.2) is 0 Å². The number of carbonyl (C=O) groups excluding carboxylic acids is 2. The first kappa shape index (κ1) is 31.5. The molecule has 200 valence electrons. The summed E-state index contributed by atoms with van der Waals surface area (Å²) in [6, 6.07) is 13.0. The van der Waals surface area contributed by atoms with Gasteiger partial charge in [-0.2, -0.15) is 0 Å². The SMILES string of the molecule is COc1ccccc1C(=O)N(C)c1ccc(C)cc1OCCCCCC(=O)N1CCN(C)CC1.Cl.Cl. The zero-order valence-corrected chi connectivity index (χ0v) is 23.3. The van der Waals surface area contributed by atoms with E-state index >= 15 is 0 Å². The van der Waals surface area contributed by atoms with E-state index in [2.05, 4.69) is 11.9 Å². The molecule has 1 saturated heterocycles. The van der Waals surface area contributed by atoms with Gasteiger partial charge in [0.25, 0.3) is 5.91 Å². The molecule has 7 nitrogen and oxygen atoms in total. The van der Waals surface area contributed by atoms with Crippen LogP contribution in [0.1, 0.15) is 41.6 Å². The zero-order valence-electron chi connectivity index (χ0n) is 21.7. The van der Waals surface area contributed by atoms with E-state index in [-0.39, 0.29) is 36.6 Å². The van der Waals surface area contributed by atoms with E-state index in [4.69, 9.17) is 9.47 Å². The second-order valence-electron chi connectivity index (χ2n) is 8.88. The molecule has 3 rings (SSSR count). The summed E-state index contributed by atoms with van der Waals surface area (Å²) in [5, 5.41) is 0. The Hall–Kier alpha value is -2.48. The number of hydrogen-bond acceptors (Lipinski definition) is 5. The second kappa shape index (κ2) is 15.6. The molecule has 0 N–H and O–H groups in total. The normalized spacial score (nSPS) is 13.3. The number of benzene rings is 2. The highest BCUT2D eigenvalue weighted by Gasteiger charge is 2.21. The zero-order chi connectivity index (χ0) is 24.5. The molecule has 1 aliphatic heterocycles. The van der Waals surface area contributed by atoms with Gasteiger partial charge in [0.1, 0.15) is 11.5 Å². The van der Waals surface area contributed by atoms with Gasteiger partial charge < -0.3 is 24.2 Å². The Morgan fingerprint density at radius 2 is 1.64 bits per heavy atom. The topological polar surface area (TPSA) is 62.3 Å². The van der Waals surface area contributed by atoms with Crippen LogP contribution in [0, 0.1) is 6.92 Å². The van der Waals surface area contributed by atoms with Crippen molar-refractivity contribution in [2.75, 3.05) is 58.9 Å².